The van der Waals surface area contributed by atoms with Gasteiger partial charge in [0, 0.05) is 0 Å². The van der Waals surface area contributed by atoms with Crippen molar-refractivity contribution in [2.75, 3.05) is 0 Å². The first-order valence-corrected chi connectivity index (χ1v) is 6.94. The van der Waals surface area contributed by atoms with E-state index >= 15 is 0 Å². The Labute approximate surface area is 102 Å². The minimum atomic E-state index is -0.0925. The Kier molecular flexibility index (Phi) is 7.25. The van der Waals surface area contributed by atoms with E-state index in [1.54, 1.807) is 0 Å². The van der Waals surface area contributed by atoms with Crippen LogP contribution in [-0.2, 0) is 9.78 Å². The van der Waals surface area contributed by atoms with Crippen LogP contribution in [0.5, 0.6) is 0 Å². The molecule has 2 nitrogen and oxygen atoms in total. The molecule has 0 spiro atoms. The van der Waals surface area contributed by atoms with E-state index < -0.39 is 0 Å². The third-order valence-corrected chi connectivity index (χ3v) is 4.26. The fourth-order valence-corrected chi connectivity index (χ4v) is 2.03. The SMILES string of the molecule is CCC(CC)(CC)OOC(CC)(CC)CC. The molecule has 16 heavy (non-hydrogen) atoms. The Hall–Kier alpha value is -0.0800. The van der Waals surface area contributed by atoms with Crippen molar-refractivity contribution >= 4 is 0 Å². The standard InChI is InChI=1S/C14H30O2/c1-7-13(8-2,9-3)15-16-14(10-4,11-5)12-6/h7-12H2,1-6H3. The minimum Gasteiger partial charge on any atom is -0.230 e. The van der Waals surface area contributed by atoms with Crippen LogP contribution in [0.2, 0.25) is 0 Å². The molecule has 0 aliphatic rings. The molecule has 0 saturated heterocycles. The molecule has 0 aliphatic carbocycles. The van der Waals surface area contributed by atoms with E-state index in [0.717, 1.165) is 38.5 Å². The van der Waals surface area contributed by atoms with Crippen LogP contribution in [0, 0.1) is 0 Å². The van der Waals surface area contributed by atoms with Crippen LogP contribution in [0.3, 0.4) is 0 Å². The van der Waals surface area contributed by atoms with Crippen LogP contribution >= 0.6 is 0 Å². The summed E-state index contributed by atoms with van der Waals surface area (Å²) in [4.78, 5) is 11.6. The molecule has 0 fully saturated rings. The molecule has 0 aromatic rings. The van der Waals surface area contributed by atoms with Crippen molar-refractivity contribution in [2.45, 2.75) is 91.3 Å². The molecule has 0 N–H and O–H groups in total. The van der Waals surface area contributed by atoms with Crippen molar-refractivity contribution in [3.8, 4) is 0 Å². The van der Waals surface area contributed by atoms with Gasteiger partial charge in [0.05, 0.1) is 0 Å². The zero-order chi connectivity index (χ0) is 12.7. The fourth-order valence-electron chi connectivity index (χ4n) is 2.03. The van der Waals surface area contributed by atoms with E-state index in [-0.39, 0.29) is 11.2 Å². The highest BCUT2D eigenvalue weighted by Gasteiger charge is 2.32. The Bertz CT molecular complexity index is 133. The predicted molar refractivity (Wildman–Crippen MR) is 69.4 cm³/mol. The van der Waals surface area contributed by atoms with Gasteiger partial charge in [-0.15, -0.1) is 0 Å². The lowest BCUT2D eigenvalue weighted by atomic mass is 9.93. The molecule has 0 atom stereocenters. The predicted octanol–water partition coefficient (Wildman–Crippen LogP) is 4.87. The Morgan fingerprint density at radius 3 is 0.812 bits per heavy atom. The minimum absolute atomic E-state index is 0.0925. The molecule has 0 amide bonds. The number of hydrogen-bond acceptors (Lipinski definition) is 2. The van der Waals surface area contributed by atoms with Crippen molar-refractivity contribution < 1.29 is 9.78 Å². The maximum Gasteiger partial charge on any atom is 0.103 e. The van der Waals surface area contributed by atoms with Gasteiger partial charge < -0.3 is 0 Å². The number of rotatable bonds is 9. The number of hydrogen-bond donors (Lipinski definition) is 0. The first-order chi connectivity index (χ1) is 7.57. The third kappa shape index (κ3) is 3.74. The summed E-state index contributed by atoms with van der Waals surface area (Å²) in [5.41, 5.74) is -0.185. The first-order valence-electron chi connectivity index (χ1n) is 6.94. The smallest absolute Gasteiger partial charge is 0.103 e. The summed E-state index contributed by atoms with van der Waals surface area (Å²) in [5.74, 6) is 0. The lowest BCUT2D eigenvalue weighted by Crippen LogP contribution is -2.38. The quantitative estimate of drug-likeness (QED) is 0.415. The summed E-state index contributed by atoms with van der Waals surface area (Å²) in [5, 5.41) is 0. The van der Waals surface area contributed by atoms with E-state index in [4.69, 9.17) is 9.78 Å². The highest BCUT2D eigenvalue weighted by Crippen LogP contribution is 2.31. The van der Waals surface area contributed by atoms with Gasteiger partial charge in [-0.2, -0.15) is 0 Å². The normalized spacial score (nSPS) is 13.1. The van der Waals surface area contributed by atoms with Gasteiger partial charge >= 0.3 is 0 Å². The summed E-state index contributed by atoms with van der Waals surface area (Å²) in [6.45, 7) is 13.0. The second-order valence-electron chi connectivity index (χ2n) is 4.65. The van der Waals surface area contributed by atoms with Gasteiger partial charge in [0.15, 0.2) is 0 Å². The molecule has 0 radical (unpaired) electrons. The van der Waals surface area contributed by atoms with E-state index in [9.17, 15) is 0 Å². The Morgan fingerprint density at radius 1 is 0.500 bits per heavy atom. The van der Waals surface area contributed by atoms with Crippen LogP contribution in [0.25, 0.3) is 0 Å². The topological polar surface area (TPSA) is 18.5 Å². The highest BCUT2D eigenvalue weighted by atomic mass is 17.2. The van der Waals surface area contributed by atoms with Gasteiger partial charge in [-0.05, 0) is 38.5 Å². The third-order valence-electron chi connectivity index (χ3n) is 4.26. The molecule has 0 heterocycles. The highest BCUT2D eigenvalue weighted by molar-refractivity contribution is 4.77. The first kappa shape index (κ1) is 15.9. The van der Waals surface area contributed by atoms with Crippen molar-refractivity contribution in [2.24, 2.45) is 0 Å². The lowest BCUT2D eigenvalue weighted by Gasteiger charge is -2.36. The second kappa shape index (κ2) is 7.29. The average Bonchev–Trinajstić information content (AvgIpc) is 2.37. The van der Waals surface area contributed by atoms with Crippen LogP contribution in [0.1, 0.15) is 80.1 Å². The van der Waals surface area contributed by atoms with Crippen LogP contribution in [0.15, 0.2) is 0 Å². The fraction of sp³-hybridized carbons (Fsp3) is 1.00. The van der Waals surface area contributed by atoms with Crippen molar-refractivity contribution in [3.05, 3.63) is 0 Å². The van der Waals surface area contributed by atoms with Crippen molar-refractivity contribution in [1.29, 1.82) is 0 Å². The summed E-state index contributed by atoms with van der Waals surface area (Å²) in [6, 6.07) is 0. The van der Waals surface area contributed by atoms with E-state index in [1.807, 2.05) is 0 Å². The average molecular weight is 230 g/mol. The molecule has 98 valence electrons. The van der Waals surface area contributed by atoms with Gasteiger partial charge in [0.25, 0.3) is 0 Å². The van der Waals surface area contributed by atoms with Gasteiger partial charge in [0.2, 0.25) is 0 Å². The van der Waals surface area contributed by atoms with Crippen LogP contribution in [-0.4, -0.2) is 11.2 Å². The molecule has 0 bridgehead atoms. The van der Waals surface area contributed by atoms with Gasteiger partial charge in [-0.25, -0.2) is 9.78 Å². The van der Waals surface area contributed by atoms with E-state index in [2.05, 4.69) is 41.5 Å². The second-order valence-corrected chi connectivity index (χ2v) is 4.65. The molecule has 0 rings (SSSR count). The molecule has 0 unspecified atom stereocenters. The largest absolute Gasteiger partial charge is 0.230 e. The summed E-state index contributed by atoms with van der Waals surface area (Å²) in [7, 11) is 0. The molecule has 0 saturated carbocycles. The maximum atomic E-state index is 5.82. The zero-order valence-corrected chi connectivity index (χ0v) is 12.1. The summed E-state index contributed by atoms with van der Waals surface area (Å²) in [6.07, 6.45) is 6.04. The van der Waals surface area contributed by atoms with Crippen molar-refractivity contribution in [3.63, 3.8) is 0 Å². The molecule has 0 aromatic heterocycles. The molecular weight excluding hydrogens is 200 g/mol. The van der Waals surface area contributed by atoms with Crippen molar-refractivity contribution in [1.82, 2.24) is 0 Å². The lowest BCUT2D eigenvalue weighted by molar-refractivity contribution is -0.418. The van der Waals surface area contributed by atoms with Crippen LogP contribution in [0.4, 0.5) is 0 Å². The van der Waals surface area contributed by atoms with E-state index in [1.165, 1.54) is 0 Å². The van der Waals surface area contributed by atoms with Gasteiger partial charge in [0.1, 0.15) is 11.2 Å². The summed E-state index contributed by atoms with van der Waals surface area (Å²) < 4.78 is 0. The van der Waals surface area contributed by atoms with Gasteiger partial charge in [-0.1, -0.05) is 41.5 Å². The van der Waals surface area contributed by atoms with E-state index in [0.29, 0.717) is 0 Å². The molecule has 0 aromatic carbocycles. The van der Waals surface area contributed by atoms with Gasteiger partial charge in [-0.3, -0.25) is 0 Å². The Morgan fingerprint density at radius 2 is 0.688 bits per heavy atom. The molecular formula is C14H30O2. The monoisotopic (exact) mass is 230 g/mol. The zero-order valence-electron chi connectivity index (χ0n) is 12.1. The molecule has 0 aliphatic heterocycles. The summed E-state index contributed by atoms with van der Waals surface area (Å²) >= 11 is 0. The Balaban J connectivity index is 4.48. The molecule has 2 heteroatoms. The maximum absolute atomic E-state index is 5.82. The van der Waals surface area contributed by atoms with Crippen LogP contribution < -0.4 is 0 Å².